The van der Waals surface area contributed by atoms with Crippen molar-refractivity contribution in [3.05, 3.63) is 51.6 Å². The van der Waals surface area contributed by atoms with Gasteiger partial charge in [0.25, 0.3) is 5.56 Å². The molecule has 0 saturated carbocycles. The van der Waals surface area contributed by atoms with E-state index >= 15 is 0 Å². The first kappa shape index (κ1) is 27.1. The lowest BCUT2D eigenvalue weighted by atomic mass is 10.1. The number of nitrogens with zero attached hydrogens (tertiary/aromatic N) is 3. The molecule has 0 aliphatic carbocycles. The predicted octanol–water partition coefficient (Wildman–Crippen LogP) is 3.82. The van der Waals surface area contributed by atoms with Crippen molar-refractivity contribution in [2.45, 2.75) is 33.7 Å². The SMILES string of the molecule is CCOP1(=O)N=C(c2c(O)c(-c3cccs3)nn(CCC(C)C)c2=O)Nc2ccc(NS(C)(=O)=O)cc21. The highest BCUT2D eigenvalue weighted by Gasteiger charge is 2.36. The number of rotatable bonds is 9. The molecule has 1 aromatic carbocycles. The normalized spacial score (nSPS) is 17.3. The average molecular weight is 566 g/mol. The summed E-state index contributed by atoms with van der Waals surface area (Å²) >= 11 is 1.35. The second-order valence-corrected chi connectivity index (χ2v) is 13.6. The monoisotopic (exact) mass is 565 g/mol. The fourth-order valence-corrected chi connectivity index (χ4v) is 6.83. The van der Waals surface area contributed by atoms with Crippen LogP contribution in [0.2, 0.25) is 0 Å². The van der Waals surface area contributed by atoms with Gasteiger partial charge in [-0.3, -0.25) is 14.1 Å². The fourth-order valence-electron chi connectivity index (χ4n) is 3.76. The Balaban J connectivity index is 1.90. The number of aromatic hydroxyl groups is 1. The Morgan fingerprint density at radius 2 is 2.05 bits per heavy atom. The Hall–Kier alpha value is -2.99. The van der Waals surface area contributed by atoms with E-state index in [2.05, 4.69) is 19.9 Å². The van der Waals surface area contributed by atoms with Gasteiger partial charge in [-0.2, -0.15) is 9.86 Å². The first-order valence-corrected chi connectivity index (χ1v) is 15.9. The van der Waals surface area contributed by atoms with Crippen molar-refractivity contribution in [2.24, 2.45) is 10.7 Å². The molecule has 3 N–H and O–H groups in total. The molecule has 1 aliphatic heterocycles. The Bertz CT molecular complexity index is 1560. The second-order valence-electron chi connectivity index (χ2n) is 8.88. The quantitative estimate of drug-likeness (QED) is 0.331. The zero-order valence-corrected chi connectivity index (χ0v) is 23.3. The van der Waals surface area contributed by atoms with Crippen LogP contribution in [0.3, 0.4) is 0 Å². The Kier molecular flexibility index (Phi) is 7.61. The predicted molar refractivity (Wildman–Crippen MR) is 147 cm³/mol. The summed E-state index contributed by atoms with van der Waals surface area (Å²) in [6.07, 6.45) is 1.68. The number of anilines is 2. The topological polar surface area (TPSA) is 152 Å². The maximum atomic E-state index is 14.0. The number of fused-ring (bicyclic) bond motifs is 1. The van der Waals surface area contributed by atoms with Crippen LogP contribution in [0.1, 0.15) is 32.8 Å². The van der Waals surface area contributed by atoms with Gasteiger partial charge >= 0.3 is 7.52 Å². The second kappa shape index (κ2) is 10.4. The van der Waals surface area contributed by atoms with Crippen molar-refractivity contribution in [2.75, 3.05) is 22.9 Å². The molecule has 0 saturated heterocycles. The van der Waals surface area contributed by atoms with Crippen LogP contribution in [-0.4, -0.2) is 42.0 Å². The molecule has 0 spiro atoms. The van der Waals surface area contributed by atoms with Gasteiger partial charge in [-0.25, -0.2) is 13.1 Å². The van der Waals surface area contributed by atoms with Gasteiger partial charge in [-0.15, -0.1) is 11.3 Å². The molecule has 3 aromatic rings. The van der Waals surface area contributed by atoms with Crippen LogP contribution in [-0.2, 0) is 25.7 Å². The Morgan fingerprint density at radius 3 is 2.68 bits per heavy atom. The average Bonchev–Trinajstić information content (AvgIpc) is 3.33. The summed E-state index contributed by atoms with van der Waals surface area (Å²) in [5.41, 5.74) is -0.0625. The minimum absolute atomic E-state index is 0.0403. The summed E-state index contributed by atoms with van der Waals surface area (Å²) in [5.74, 6) is -0.198. The summed E-state index contributed by atoms with van der Waals surface area (Å²) < 4.78 is 50.9. The molecule has 3 heterocycles. The number of thiophene rings is 1. The minimum atomic E-state index is -3.96. The smallest absolute Gasteiger partial charge is 0.348 e. The third-order valence-electron chi connectivity index (χ3n) is 5.43. The van der Waals surface area contributed by atoms with Crippen LogP contribution in [0, 0.1) is 5.92 Å². The summed E-state index contributed by atoms with van der Waals surface area (Å²) in [7, 11) is -7.55. The van der Waals surface area contributed by atoms with Crippen molar-refractivity contribution in [1.82, 2.24) is 9.78 Å². The summed E-state index contributed by atoms with van der Waals surface area (Å²) in [4.78, 5) is 14.2. The summed E-state index contributed by atoms with van der Waals surface area (Å²) in [6, 6.07) is 7.96. The van der Waals surface area contributed by atoms with Gasteiger partial charge in [0.05, 0.1) is 28.7 Å². The standard InChI is InChI=1S/C23H28N5O6PS2/c1-5-34-35(31)17-13-15(27-37(4,32)33)8-9-16(17)24-22(26-35)19-21(29)20(18-7-6-12-36-18)25-28(23(19)30)11-10-14(2)3/h6-9,12-14,27,29H,5,10-11H2,1-4H3,(H,24,26,31). The van der Waals surface area contributed by atoms with Crippen molar-refractivity contribution in [1.29, 1.82) is 0 Å². The number of sulfonamides is 1. The molecule has 1 aliphatic rings. The number of hydrogen-bond donors (Lipinski definition) is 3. The summed E-state index contributed by atoms with van der Waals surface area (Å²) in [6.45, 7) is 6.06. The number of aryl methyl sites for hydroxylation is 1. The van der Waals surface area contributed by atoms with E-state index in [4.69, 9.17) is 4.52 Å². The van der Waals surface area contributed by atoms with Crippen LogP contribution >= 0.6 is 18.9 Å². The molecular weight excluding hydrogens is 537 g/mol. The number of benzene rings is 1. The minimum Gasteiger partial charge on any atom is -0.505 e. The van der Waals surface area contributed by atoms with Crippen molar-refractivity contribution >= 4 is 51.4 Å². The highest BCUT2D eigenvalue weighted by molar-refractivity contribution is 7.92. The Labute approximate surface area is 218 Å². The van der Waals surface area contributed by atoms with E-state index in [1.54, 1.807) is 13.0 Å². The van der Waals surface area contributed by atoms with E-state index in [0.717, 1.165) is 6.26 Å². The van der Waals surface area contributed by atoms with Crippen molar-refractivity contribution in [3.63, 3.8) is 0 Å². The summed E-state index contributed by atoms with van der Waals surface area (Å²) in [5, 5.41) is 20.6. The first-order chi connectivity index (χ1) is 17.4. The van der Waals surface area contributed by atoms with E-state index in [1.165, 1.54) is 34.2 Å². The van der Waals surface area contributed by atoms with Crippen molar-refractivity contribution in [3.8, 4) is 16.3 Å². The number of hydrogen-bond acceptors (Lipinski definition) is 9. The zero-order valence-electron chi connectivity index (χ0n) is 20.8. The molecule has 1 atom stereocenters. The Morgan fingerprint density at radius 1 is 1.30 bits per heavy atom. The van der Waals surface area contributed by atoms with Gasteiger partial charge in [-0.05, 0) is 48.9 Å². The van der Waals surface area contributed by atoms with Gasteiger partial charge in [0.1, 0.15) is 11.3 Å². The zero-order chi connectivity index (χ0) is 27.0. The maximum Gasteiger partial charge on any atom is 0.348 e. The van der Waals surface area contributed by atoms with E-state index in [1.807, 2.05) is 25.3 Å². The number of amidine groups is 1. The highest BCUT2D eigenvalue weighted by atomic mass is 32.2. The van der Waals surface area contributed by atoms with Gasteiger partial charge in [-0.1, -0.05) is 19.9 Å². The lowest BCUT2D eigenvalue weighted by Gasteiger charge is -2.26. The molecule has 0 fully saturated rings. The lowest BCUT2D eigenvalue weighted by Crippen LogP contribution is -2.35. The van der Waals surface area contributed by atoms with Gasteiger partial charge in [0.15, 0.2) is 11.6 Å². The molecule has 0 amide bonds. The third kappa shape index (κ3) is 5.80. The molecule has 2 aromatic heterocycles. The van der Waals surface area contributed by atoms with Crippen LogP contribution in [0.4, 0.5) is 11.4 Å². The van der Waals surface area contributed by atoms with Crippen LogP contribution in [0.5, 0.6) is 5.75 Å². The molecule has 0 bridgehead atoms. The molecule has 198 valence electrons. The van der Waals surface area contributed by atoms with Crippen LogP contribution in [0.25, 0.3) is 10.6 Å². The molecule has 1 unspecified atom stereocenters. The van der Waals surface area contributed by atoms with Gasteiger partial charge in [0.2, 0.25) is 10.0 Å². The highest BCUT2D eigenvalue weighted by Crippen LogP contribution is 2.52. The molecule has 14 heteroatoms. The third-order valence-corrected chi connectivity index (χ3v) is 8.97. The van der Waals surface area contributed by atoms with E-state index < -0.39 is 23.1 Å². The van der Waals surface area contributed by atoms with Gasteiger partial charge < -0.3 is 14.9 Å². The first-order valence-electron chi connectivity index (χ1n) is 11.5. The number of aromatic nitrogens is 2. The molecule has 37 heavy (non-hydrogen) atoms. The molecule has 0 radical (unpaired) electrons. The lowest BCUT2D eigenvalue weighted by molar-refractivity contribution is 0.341. The van der Waals surface area contributed by atoms with Crippen LogP contribution in [0.15, 0.2) is 45.3 Å². The van der Waals surface area contributed by atoms with E-state index in [-0.39, 0.29) is 40.4 Å². The van der Waals surface area contributed by atoms with Crippen LogP contribution < -0.4 is 20.9 Å². The molecular formula is C23H28N5O6PS2. The van der Waals surface area contributed by atoms with E-state index in [9.17, 15) is 22.9 Å². The fraction of sp³-hybridized carbons (Fsp3) is 0.348. The number of nitrogens with one attached hydrogen (secondary N) is 2. The maximum absolute atomic E-state index is 14.0. The molecule has 4 rings (SSSR count). The van der Waals surface area contributed by atoms with E-state index in [0.29, 0.717) is 29.4 Å². The molecule has 11 nitrogen and oxygen atoms in total. The largest absolute Gasteiger partial charge is 0.505 e. The van der Waals surface area contributed by atoms with Crippen molar-refractivity contribution < 1.29 is 22.6 Å². The van der Waals surface area contributed by atoms with Gasteiger partial charge in [0, 0.05) is 12.2 Å².